The molecule has 0 bridgehead atoms. The number of benzene rings is 2. The van der Waals surface area contributed by atoms with Crippen LogP contribution in [0.4, 0.5) is 0 Å². The number of hydrogen-bond donors (Lipinski definition) is 3. The van der Waals surface area contributed by atoms with Gasteiger partial charge in [-0.25, -0.2) is 5.43 Å². The minimum atomic E-state index is -0.856. The lowest BCUT2D eigenvalue weighted by molar-refractivity contribution is -0.124. The van der Waals surface area contributed by atoms with Gasteiger partial charge in [0.2, 0.25) is 0 Å². The van der Waals surface area contributed by atoms with E-state index in [1.807, 2.05) is 0 Å². The van der Waals surface area contributed by atoms with Crippen LogP contribution < -0.4 is 21.2 Å². The molecule has 0 aromatic heterocycles. The molecule has 0 heterocycles. The molecule has 2 rings (SSSR count). The molecular formula is C21H22Cl2N4O4. The lowest BCUT2D eigenvalue weighted by atomic mass is 10.0. The van der Waals surface area contributed by atoms with Crippen LogP contribution in [0.15, 0.2) is 47.6 Å². The van der Waals surface area contributed by atoms with E-state index in [1.54, 1.807) is 56.3 Å². The number of nitrogens with zero attached hydrogens (tertiary/aromatic N) is 1. The molecule has 0 aliphatic rings. The molecule has 31 heavy (non-hydrogen) atoms. The molecule has 1 atom stereocenters. The van der Waals surface area contributed by atoms with Gasteiger partial charge in [-0.1, -0.05) is 49.2 Å². The molecule has 2 aromatic rings. The predicted octanol–water partition coefficient (Wildman–Crippen LogP) is 2.76. The first-order chi connectivity index (χ1) is 14.7. The van der Waals surface area contributed by atoms with Crippen molar-refractivity contribution in [2.45, 2.75) is 19.9 Å². The van der Waals surface area contributed by atoms with Crippen molar-refractivity contribution in [3.63, 3.8) is 0 Å². The Bertz CT molecular complexity index is 995. The van der Waals surface area contributed by atoms with Crippen molar-refractivity contribution in [2.75, 3.05) is 6.61 Å². The number of halogens is 2. The second-order valence-corrected chi connectivity index (χ2v) is 7.69. The van der Waals surface area contributed by atoms with Crippen molar-refractivity contribution in [3.8, 4) is 5.75 Å². The summed E-state index contributed by atoms with van der Waals surface area (Å²) in [6.45, 7) is 3.25. The first-order valence-electron chi connectivity index (χ1n) is 9.28. The maximum Gasteiger partial charge on any atom is 0.262 e. The summed E-state index contributed by atoms with van der Waals surface area (Å²) >= 11 is 12.0. The Kier molecular flexibility index (Phi) is 8.84. The number of hydrazone groups is 1. The van der Waals surface area contributed by atoms with Crippen LogP contribution in [0.25, 0.3) is 0 Å². The van der Waals surface area contributed by atoms with Crippen LogP contribution in [0, 0.1) is 5.92 Å². The van der Waals surface area contributed by atoms with E-state index >= 15 is 0 Å². The Balaban J connectivity index is 2.09. The quantitative estimate of drug-likeness (QED) is 0.389. The zero-order chi connectivity index (χ0) is 23.0. The average molecular weight is 465 g/mol. The van der Waals surface area contributed by atoms with Crippen LogP contribution in [-0.4, -0.2) is 36.6 Å². The number of carbonyl (C=O) groups is 3. The third-order valence-corrected chi connectivity index (χ3v) is 4.64. The number of nitrogens with two attached hydrogens (primary N) is 1. The average Bonchev–Trinajstić information content (AvgIpc) is 2.71. The highest BCUT2D eigenvalue weighted by Crippen LogP contribution is 2.21. The Morgan fingerprint density at radius 3 is 2.52 bits per heavy atom. The first-order valence-corrected chi connectivity index (χ1v) is 10.0. The zero-order valence-electron chi connectivity index (χ0n) is 16.9. The number of hydrogen-bond acceptors (Lipinski definition) is 5. The van der Waals surface area contributed by atoms with Crippen LogP contribution in [0.3, 0.4) is 0 Å². The number of ether oxygens (including phenoxy) is 1. The Morgan fingerprint density at radius 1 is 1.16 bits per heavy atom. The third kappa shape index (κ3) is 7.27. The molecule has 0 aliphatic heterocycles. The molecule has 0 radical (unpaired) electrons. The van der Waals surface area contributed by atoms with Gasteiger partial charge < -0.3 is 15.8 Å². The summed E-state index contributed by atoms with van der Waals surface area (Å²) in [6.07, 6.45) is 1.31. The summed E-state index contributed by atoms with van der Waals surface area (Å²) in [6, 6.07) is 10.4. The van der Waals surface area contributed by atoms with Crippen molar-refractivity contribution in [1.82, 2.24) is 10.7 Å². The predicted molar refractivity (Wildman–Crippen MR) is 119 cm³/mol. The summed E-state index contributed by atoms with van der Waals surface area (Å²) in [5, 5.41) is 7.27. The van der Waals surface area contributed by atoms with E-state index in [1.165, 1.54) is 6.21 Å². The van der Waals surface area contributed by atoms with Crippen LogP contribution >= 0.6 is 23.2 Å². The molecule has 8 nitrogen and oxygen atoms in total. The van der Waals surface area contributed by atoms with Crippen molar-refractivity contribution >= 4 is 47.1 Å². The standard InChI is InChI=1S/C21H22Cl2N4O4/c1-12(2)19(26-20(29)15-5-3-4-6-16(15)23)21(30)27-25-10-13-9-14(22)7-8-17(13)31-11-18(24)28/h3-10,12,19H,11H2,1-2H3,(H2,24,28)(H,26,29)(H,27,30). The Morgan fingerprint density at radius 2 is 1.87 bits per heavy atom. The van der Waals surface area contributed by atoms with Crippen molar-refractivity contribution in [2.24, 2.45) is 16.8 Å². The smallest absolute Gasteiger partial charge is 0.262 e. The molecule has 2 aromatic carbocycles. The molecule has 10 heteroatoms. The molecule has 1 unspecified atom stereocenters. The van der Waals surface area contributed by atoms with E-state index in [9.17, 15) is 14.4 Å². The third-order valence-electron chi connectivity index (χ3n) is 4.07. The number of rotatable bonds is 9. The number of amides is 3. The fourth-order valence-corrected chi connectivity index (χ4v) is 2.94. The van der Waals surface area contributed by atoms with Gasteiger partial charge in [-0.05, 0) is 36.2 Å². The molecular weight excluding hydrogens is 443 g/mol. The summed E-state index contributed by atoms with van der Waals surface area (Å²) < 4.78 is 5.30. The summed E-state index contributed by atoms with van der Waals surface area (Å²) in [7, 11) is 0. The molecule has 0 fully saturated rings. The Labute approximate surface area is 189 Å². The summed E-state index contributed by atoms with van der Waals surface area (Å²) in [5.74, 6) is -1.54. The molecule has 3 amide bonds. The van der Waals surface area contributed by atoms with Gasteiger partial charge in [0.25, 0.3) is 17.7 Å². The maximum atomic E-state index is 12.6. The Hall–Kier alpha value is -3.10. The molecule has 0 saturated heterocycles. The number of primary amides is 1. The van der Waals surface area contributed by atoms with E-state index in [2.05, 4.69) is 15.8 Å². The largest absolute Gasteiger partial charge is 0.483 e. The van der Waals surface area contributed by atoms with Crippen molar-refractivity contribution < 1.29 is 19.1 Å². The second-order valence-electron chi connectivity index (χ2n) is 6.85. The second kappa shape index (κ2) is 11.3. The topological polar surface area (TPSA) is 123 Å². The molecule has 0 spiro atoms. The zero-order valence-corrected chi connectivity index (χ0v) is 18.4. The van der Waals surface area contributed by atoms with Gasteiger partial charge in [-0.2, -0.15) is 5.10 Å². The number of carbonyl (C=O) groups excluding carboxylic acids is 3. The van der Waals surface area contributed by atoms with Crippen LogP contribution in [0.2, 0.25) is 10.0 Å². The minimum absolute atomic E-state index is 0.220. The minimum Gasteiger partial charge on any atom is -0.483 e. The molecule has 0 saturated carbocycles. The van der Waals surface area contributed by atoms with Gasteiger partial charge in [-0.15, -0.1) is 0 Å². The van der Waals surface area contributed by atoms with Gasteiger partial charge in [0.05, 0.1) is 16.8 Å². The lowest BCUT2D eigenvalue weighted by Crippen LogP contribution is -2.48. The van der Waals surface area contributed by atoms with E-state index < -0.39 is 23.8 Å². The number of nitrogens with one attached hydrogen (secondary N) is 2. The monoisotopic (exact) mass is 464 g/mol. The van der Waals surface area contributed by atoms with Gasteiger partial charge in [-0.3, -0.25) is 14.4 Å². The van der Waals surface area contributed by atoms with E-state index in [4.69, 9.17) is 33.7 Å². The van der Waals surface area contributed by atoms with E-state index in [0.717, 1.165) is 0 Å². The van der Waals surface area contributed by atoms with Gasteiger partial charge in [0.1, 0.15) is 11.8 Å². The van der Waals surface area contributed by atoms with Crippen molar-refractivity contribution in [1.29, 1.82) is 0 Å². The van der Waals surface area contributed by atoms with E-state index in [-0.39, 0.29) is 23.1 Å². The summed E-state index contributed by atoms with van der Waals surface area (Å²) in [5.41, 5.74) is 8.17. The maximum absolute atomic E-state index is 12.6. The highest BCUT2D eigenvalue weighted by atomic mass is 35.5. The van der Waals surface area contributed by atoms with Crippen LogP contribution in [0.5, 0.6) is 5.75 Å². The molecule has 0 aliphatic carbocycles. The normalized spacial score (nSPS) is 11.9. The fraction of sp³-hybridized carbons (Fsp3) is 0.238. The van der Waals surface area contributed by atoms with Crippen LogP contribution in [-0.2, 0) is 9.59 Å². The van der Waals surface area contributed by atoms with Gasteiger partial charge >= 0.3 is 0 Å². The first kappa shape index (κ1) is 24.2. The van der Waals surface area contributed by atoms with E-state index in [0.29, 0.717) is 16.3 Å². The van der Waals surface area contributed by atoms with Crippen LogP contribution in [0.1, 0.15) is 29.8 Å². The fourth-order valence-electron chi connectivity index (χ4n) is 2.53. The highest BCUT2D eigenvalue weighted by molar-refractivity contribution is 6.33. The molecule has 4 N–H and O–H groups in total. The highest BCUT2D eigenvalue weighted by Gasteiger charge is 2.25. The molecule has 164 valence electrons. The SMILES string of the molecule is CC(C)C(NC(=O)c1ccccc1Cl)C(=O)NN=Cc1cc(Cl)ccc1OCC(N)=O. The van der Waals surface area contributed by atoms with Gasteiger partial charge in [0, 0.05) is 10.6 Å². The van der Waals surface area contributed by atoms with Gasteiger partial charge in [0.15, 0.2) is 6.61 Å². The summed E-state index contributed by atoms with van der Waals surface area (Å²) in [4.78, 5) is 36.1. The lowest BCUT2D eigenvalue weighted by Gasteiger charge is -2.20. The van der Waals surface area contributed by atoms with Crippen molar-refractivity contribution in [3.05, 3.63) is 63.6 Å².